The van der Waals surface area contributed by atoms with Gasteiger partial charge in [0.15, 0.2) is 5.78 Å². The average molecular weight is 225 g/mol. The topological polar surface area (TPSA) is 26.3 Å². The Morgan fingerprint density at radius 3 is 3.00 bits per heavy atom. The number of carbonyl (C=O) groups is 1. The highest BCUT2D eigenvalue weighted by Gasteiger charge is 2.00. The highest BCUT2D eigenvalue weighted by molar-refractivity contribution is 6.30. The quantitative estimate of drug-likeness (QED) is 0.568. The number of hydrogen-bond donors (Lipinski definition) is 0. The largest absolute Gasteiger partial charge is 0.501 e. The predicted molar refractivity (Wildman–Crippen MR) is 60.9 cm³/mol. The molecule has 0 radical (unpaired) electrons. The lowest BCUT2D eigenvalue weighted by Crippen LogP contribution is -1.98. The van der Waals surface area contributed by atoms with E-state index in [4.69, 9.17) is 16.3 Å². The number of carbonyl (C=O) groups excluding carboxylic acids is 1. The normalized spacial score (nSPS) is 10.5. The fourth-order valence-electron chi connectivity index (χ4n) is 1.13. The molecule has 15 heavy (non-hydrogen) atoms. The van der Waals surface area contributed by atoms with E-state index in [1.54, 1.807) is 12.1 Å². The fourth-order valence-corrected chi connectivity index (χ4v) is 1.34. The van der Waals surface area contributed by atoms with Gasteiger partial charge in [-0.25, -0.2) is 0 Å². The van der Waals surface area contributed by atoms with Crippen LogP contribution in [0.3, 0.4) is 0 Å². The van der Waals surface area contributed by atoms with Crippen LogP contribution in [0, 0.1) is 0 Å². The van der Waals surface area contributed by atoms with Gasteiger partial charge in [0.05, 0.1) is 12.9 Å². The minimum atomic E-state index is 0.00529. The summed E-state index contributed by atoms with van der Waals surface area (Å²) in [6, 6.07) is 7.27. The minimum absolute atomic E-state index is 0.00529. The van der Waals surface area contributed by atoms with Crippen LogP contribution in [0.1, 0.15) is 12.5 Å². The molecule has 1 rings (SSSR count). The third-order valence-corrected chi connectivity index (χ3v) is 2.02. The molecule has 1 aromatic carbocycles. The Hall–Kier alpha value is -1.28. The molecule has 1 aromatic rings. The summed E-state index contributed by atoms with van der Waals surface area (Å²) in [6.45, 7) is 2.44. The number of ketones is 1. The third-order valence-electron chi connectivity index (χ3n) is 1.78. The Bertz CT molecular complexity index is 358. The van der Waals surface area contributed by atoms with Crippen molar-refractivity contribution in [1.29, 1.82) is 0 Å². The zero-order valence-electron chi connectivity index (χ0n) is 8.57. The smallest absolute Gasteiger partial charge is 0.163 e. The maximum Gasteiger partial charge on any atom is 0.163 e. The van der Waals surface area contributed by atoms with E-state index in [1.807, 2.05) is 19.1 Å². The predicted octanol–water partition coefficient (Wildman–Crippen LogP) is 3.00. The Kier molecular flexibility index (Phi) is 4.91. The molecule has 0 bridgehead atoms. The zero-order chi connectivity index (χ0) is 11.1. The van der Waals surface area contributed by atoms with Gasteiger partial charge in [0.2, 0.25) is 0 Å². The molecule has 0 saturated carbocycles. The Morgan fingerprint density at radius 2 is 2.33 bits per heavy atom. The minimum Gasteiger partial charge on any atom is -0.501 e. The van der Waals surface area contributed by atoms with E-state index in [1.165, 1.54) is 12.3 Å². The summed E-state index contributed by atoms with van der Waals surface area (Å²) >= 11 is 5.80. The second kappa shape index (κ2) is 6.25. The molecule has 0 heterocycles. The van der Waals surface area contributed by atoms with Gasteiger partial charge in [-0.2, -0.15) is 0 Å². The molecule has 80 valence electrons. The summed E-state index contributed by atoms with van der Waals surface area (Å²) in [5.74, 6) is 0.00529. The maximum atomic E-state index is 11.4. The first-order valence-electron chi connectivity index (χ1n) is 4.78. The second-order valence-electron chi connectivity index (χ2n) is 3.03. The average Bonchev–Trinajstić information content (AvgIpc) is 2.18. The van der Waals surface area contributed by atoms with Gasteiger partial charge in [-0.15, -0.1) is 0 Å². The summed E-state index contributed by atoms with van der Waals surface area (Å²) in [6.07, 6.45) is 3.21. The Morgan fingerprint density at radius 1 is 1.53 bits per heavy atom. The zero-order valence-corrected chi connectivity index (χ0v) is 9.33. The maximum absolute atomic E-state index is 11.4. The van der Waals surface area contributed by atoms with Gasteiger partial charge in [-0.05, 0) is 24.6 Å². The molecule has 0 unspecified atom stereocenters. The van der Waals surface area contributed by atoms with E-state index < -0.39 is 0 Å². The molecule has 0 aliphatic carbocycles. The molecule has 0 N–H and O–H groups in total. The molecular formula is C12H13ClO2. The first-order chi connectivity index (χ1) is 7.22. The van der Waals surface area contributed by atoms with Crippen molar-refractivity contribution in [2.45, 2.75) is 13.3 Å². The van der Waals surface area contributed by atoms with Crippen molar-refractivity contribution in [3.05, 3.63) is 47.2 Å². The molecule has 2 nitrogen and oxygen atoms in total. The lowest BCUT2D eigenvalue weighted by molar-refractivity contribution is -0.114. The summed E-state index contributed by atoms with van der Waals surface area (Å²) in [4.78, 5) is 11.4. The molecule has 0 saturated heterocycles. The standard InChI is InChI=1S/C12H13ClO2/c1-2-15-7-6-12(14)9-10-4-3-5-11(13)8-10/h3-8H,2,9H2,1H3/b7-6+. The van der Waals surface area contributed by atoms with Crippen LogP contribution < -0.4 is 0 Å². The summed E-state index contributed by atoms with van der Waals surface area (Å²) < 4.78 is 4.94. The third kappa shape index (κ3) is 4.66. The van der Waals surface area contributed by atoms with Crippen molar-refractivity contribution in [1.82, 2.24) is 0 Å². The highest BCUT2D eigenvalue weighted by Crippen LogP contribution is 2.11. The first kappa shape index (κ1) is 11.8. The van der Waals surface area contributed by atoms with E-state index in [0.29, 0.717) is 18.1 Å². The van der Waals surface area contributed by atoms with Crippen LogP contribution in [-0.4, -0.2) is 12.4 Å². The van der Waals surface area contributed by atoms with Gasteiger partial charge in [0, 0.05) is 17.5 Å². The Labute approximate surface area is 94.5 Å². The summed E-state index contributed by atoms with van der Waals surface area (Å²) in [5.41, 5.74) is 0.911. The number of halogens is 1. The van der Waals surface area contributed by atoms with Gasteiger partial charge in [-0.3, -0.25) is 4.79 Å². The molecule has 0 aromatic heterocycles. The van der Waals surface area contributed by atoms with Gasteiger partial charge in [0.1, 0.15) is 0 Å². The number of allylic oxidation sites excluding steroid dienone is 1. The second-order valence-corrected chi connectivity index (χ2v) is 3.47. The summed E-state index contributed by atoms with van der Waals surface area (Å²) in [5, 5.41) is 0.647. The molecule has 3 heteroatoms. The lowest BCUT2D eigenvalue weighted by Gasteiger charge is -1.98. The molecule has 0 aliphatic heterocycles. The van der Waals surface area contributed by atoms with Crippen LogP contribution in [0.25, 0.3) is 0 Å². The van der Waals surface area contributed by atoms with Gasteiger partial charge >= 0.3 is 0 Å². The van der Waals surface area contributed by atoms with E-state index in [-0.39, 0.29) is 5.78 Å². The molecule has 0 amide bonds. The van der Waals surface area contributed by atoms with Crippen LogP contribution in [0.4, 0.5) is 0 Å². The summed E-state index contributed by atoms with van der Waals surface area (Å²) in [7, 11) is 0. The van der Waals surface area contributed by atoms with Crippen LogP contribution in [0.15, 0.2) is 36.6 Å². The van der Waals surface area contributed by atoms with Crippen LogP contribution in [0.5, 0.6) is 0 Å². The van der Waals surface area contributed by atoms with Crippen LogP contribution in [0.2, 0.25) is 5.02 Å². The van der Waals surface area contributed by atoms with Crippen molar-refractivity contribution < 1.29 is 9.53 Å². The lowest BCUT2D eigenvalue weighted by atomic mass is 10.1. The number of hydrogen-bond acceptors (Lipinski definition) is 2. The fraction of sp³-hybridized carbons (Fsp3) is 0.250. The molecular weight excluding hydrogens is 212 g/mol. The van der Waals surface area contributed by atoms with Crippen LogP contribution >= 0.6 is 11.6 Å². The molecule has 0 aliphatic rings. The van der Waals surface area contributed by atoms with E-state index in [2.05, 4.69) is 0 Å². The van der Waals surface area contributed by atoms with Gasteiger partial charge < -0.3 is 4.74 Å². The molecule has 0 fully saturated rings. The van der Waals surface area contributed by atoms with Crippen LogP contribution in [-0.2, 0) is 16.0 Å². The van der Waals surface area contributed by atoms with Crippen molar-refractivity contribution in [3.63, 3.8) is 0 Å². The van der Waals surface area contributed by atoms with E-state index >= 15 is 0 Å². The monoisotopic (exact) mass is 224 g/mol. The molecule has 0 atom stereocenters. The van der Waals surface area contributed by atoms with E-state index in [0.717, 1.165) is 5.56 Å². The highest BCUT2D eigenvalue weighted by atomic mass is 35.5. The number of ether oxygens (including phenoxy) is 1. The van der Waals surface area contributed by atoms with Crippen molar-refractivity contribution in [2.24, 2.45) is 0 Å². The van der Waals surface area contributed by atoms with Gasteiger partial charge in [0.25, 0.3) is 0 Å². The SMILES string of the molecule is CCO/C=C/C(=O)Cc1cccc(Cl)c1. The number of rotatable bonds is 5. The first-order valence-corrected chi connectivity index (χ1v) is 5.15. The molecule has 0 spiro atoms. The van der Waals surface area contributed by atoms with Crippen molar-refractivity contribution in [2.75, 3.05) is 6.61 Å². The van der Waals surface area contributed by atoms with Gasteiger partial charge in [-0.1, -0.05) is 23.7 Å². The number of benzene rings is 1. The van der Waals surface area contributed by atoms with E-state index in [9.17, 15) is 4.79 Å². The Balaban J connectivity index is 2.51. The van der Waals surface area contributed by atoms with Crippen molar-refractivity contribution >= 4 is 17.4 Å². The van der Waals surface area contributed by atoms with Crippen molar-refractivity contribution in [3.8, 4) is 0 Å².